The molecule has 4 nitrogen and oxygen atoms in total. The molecular formula is C14H31N3O. The molecule has 0 heterocycles. The molecule has 0 aromatic carbocycles. The zero-order valence-electron chi connectivity index (χ0n) is 12.8. The van der Waals surface area contributed by atoms with Crippen molar-refractivity contribution in [3.8, 4) is 0 Å². The second-order valence-corrected chi connectivity index (χ2v) is 6.28. The highest BCUT2D eigenvalue weighted by molar-refractivity contribution is 5.78. The third kappa shape index (κ3) is 8.48. The van der Waals surface area contributed by atoms with Gasteiger partial charge in [0.1, 0.15) is 0 Å². The number of nitrogens with one attached hydrogen (secondary N) is 1. The van der Waals surface area contributed by atoms with E-state index in [4.69, 9.17) is 5.73 Å². The van der Waals surface area contributed by atoms with Gasteiger partial charge in [0.2, 0.25) is 5.91 Å². The van der Waals surface area contributed by atoms with Crippen LogP contribution in [-0.4, -0.2) is 43.5 Å². The second kappa shape index (κ2) is 8.48. The standard InChI is InChI=1S/C14H31N3O/c1-6-7-17(11-14(4,5)10-15)9-13(18)16-8-12(2)3/h12H,6-11,15H2,1-5H3,(H,16,18). The van der Waals surface area contributed by atoms with Crippen LogP contribution < -0.4 is 11.1 Å². The Morgan fingerprint density at radius 1 is 1.39 bits per heavy atom. The van der Waals surface area contributed by atoms with Crippen LogP contribution >= 0.6 is 0 Å². The summed E-state index contributed by atoms with van der Waals surface area (Å²) in [4.78, 5) is 14.0. The van der Waals surface area contributed by atoms with E-state index in [-0.39, 0.29) is 11.3 Å². The lowest BCUT2D eigenvalue weighted by atomic mass is 9.93. The molecule has 1 amide bonds. The summed E-state index contributed by atoms with van der Waals surface area (Å²) in [5, 5.41) is 2.96. The van der Waals surface area contributed by atoms with Crippen molar-refractivity contribution in [2.45, 2.75) is 41.0 Å². The normalized spacial score (nSPS) is 12.2. The minimum Gasteiger partial charge on any atom is -0.355 e. The van der Waals surface area contributed by atoms with Crippen molar-refractivity contribution in [3.05, 3.63) is 0 Å². The van der Waals surface area contributed by atoms with Gasteiger partial charge in [-0.3, -0.25) is 9.69 Å². The van der Waals surface area contributed by atoms with Gasteiger partial charge >= 0.3 is 0 Å². The van der Waals surface area contributed by atoms with E-state index in [2.05, 4.69) is 44.8 Å². The van der Waals surface area contributed by atoms with Crippen LogP contribution in [-0.2, 0) is 4.79 Å². The van der Waals surface area contributed by atoms with E-state index in [1.54, 1.807) is 0 Å². The predicted molar refractivity (Wildman–Crippen MR) is 77.4 cm³/mol. The molecule has 0 spiro atoms. The van der Waals surface area contributed by atoms with Gasteiger partial charge in [-0.1, -0.05) is 34.6 Å². The third-order valence-electron chi connectivity index (χ3n) is 2.82. The minimum atomic E-state index is 0.0630. The molecule has 0 aliphatic rings. The van der Waals surface area contributed by atoms with Crippen molar-refractivity contribution in [2.75, 3.05) is 32.7 Å². The Balaban J connectivity index is 4.22. The molecule has 0 rings (SSSR count). The quantitative estimate of drug-likeness (QED) is 0.657. The summed E-state index contributed by atoms with van der Waals surface area (Å²) in [6.45, 7) is 14.3. The van der Waals surface area contributed by atoms with Gasteiger partial charge in [0, 0.05) is 13.1 Å². The van der Waals surface area contributed by atoms with E-state index in [0.29, 0.717) is 19.0 Å². The molecule has 0 radical (unpaired) electrons. The molecule has 0 unspecified atom stereocenters. The Kier molecular flexibility index (Phi) is 8.20. The SMILES string of the molecule is CCCN(CC(=O)NCC(C)C)CC(C)(C)CN. The summed E-state index contributed by atoms with van der Waals surface area (Å²) in [5.41, 5.74) is 5.82. The van der Waals surface area contributed by atoms with Crippen LogP contribution in [0.2, 0.25) is 0 Å². The number of amides is 1. The molecular weight excluding hydrogens is 226 g/mol. The molecule has 0 atom stereocenters. The molecule has 0 saturated carbocycles. The lowest BCUT2D eigenvalue weighted by Crippen LogP contribution is -2.44. The molecule has 0 aromatic heterocycles. The van der Waals surface area contributed by atoms with Gasteiger partial charge in [-0.2, -0.15) is 0 Å². The molecule has 0 saturated heterocycles. The van der Waals surface area contributed by atoms with Crippen LogP contribution in [0.5, 0.6) is 0 Å². The first-order chi connectivity index (χ1) is 8.30. The van der Waals surface area contributed by atoms with E-state index >= 15 is 0 Å². The smallest absolute Gasteiger partial charge is 0.234 e. The average Bonchev–Trinajstić information content (AvgIpc) is 2.26. The lowest BCUT2D eigenvalue weighted by Gasteiger charge is -2.31. The number of nitrogens with zero attached hydrogens (tertiary/aromatic N) is 1. The second-order valence-electron chi connectivity index (χ2n) is 6.28. The summed E-state index contributed by atoms with van der Waals surface area (Å²) in [6, 6.07) is 0. The largest absolute Gasteiger partial charge is 0.355 e. The van der Waals surface area contributed by atoms with E-state index in [1.165, 1.54) is 0 Å². The molecule has 3 N–H and O–H groups in total. The van der Waals surface area contributed by atoms with Gasteiger partial charge in [0.25, 0.3) is 0 Å². The first-order valence-electron chi connectivity index (χ1n) is 7.00. The molecule has 0 bridgehead atoms. The van der Waals surface area contributed by atoms with Crippen LogP contribution in [0.25, 0.3) is 0 Å². The van der Waals surface area contributed by atoms with Gasteiger partial charge < -0.3 is 11.1 Å². The topological polar surface area (TPSA) is 58.4 Å². The van der Waals surface area contributed by atoms with E-state index in [0.717, 1.165) is 26.1 Å². The van der Waals surface area contributed by atoms with Crippen LogP contribution in [0, 0.1) is 11.3 Å². The number of carbonyl (C=O) groups excluding carboxylic acids is 1. The maximum Gasteiger partial charge on any atom is 0.234 e. The van der Waals surface area contributed by atoms with Gasteiger partial charge in [-0.05, 0) is 30.8 Å². The van der Waals surface area contributed by atoms with Crippen molar-refractivity contribution in [1.82, 2.24) is 10.2 Å². The molecule has 4 heteroatoms. The third-order valence-corrected chi connectivity index (χ3v) is 2.82. The van der Waals surface area contributed by atoms with Gasteiger partial charge in [-0.25, -0.2) is 0 Å². The highest BCUT2D eigenvalue weighted by atomic mass is 16.2. The van der Waals surface area contributed by atoms with Crippen molar-refractivity contribution >= 4 is 5.91 Å². The monoisotopic (exact) mass is 257 g/mol. The van der Waals surface area contributed by atoms with Crippen molar-refractivity contribution in [2.24, 2.45) is 17.1 Å². The van der Waals surface area contributed by atoms with Gasteiger partial charge in [-0.15, -0.1) is 0 Å². The first-order valence-corrected chi connectivity index (χ1v) is 7.00. The number of hydrogen-bond donors (Lipinski definition) is 2. The van der Waals surface area contributed by atoms with E-state index in [9.17, 15) is 4.79 Å². The Hall–Kier alpha value is -0.610. The van der Waals surface area contributed by atoms with Crippen LogP contribution in [0.1, 0.15) is 41.0 Å². The molecule has 0 aliphatic heterocycles. The first kappa shape index (κ1) is 17.4. The van der Waals surface area contributed by atoms with E-state index in [1.807, 2.05) is 0 Å². The van der Waals surface area contributed by atoms with Crippen molar-refractivity contribution in [1.29, 1.82) is 0 Å². The molecule has 0 fully saturated rings. The maximum absolute atomic E-state index is 11.8. The highest BCUT2D eigenvalue weighted by Gasteiger charge is 2.21. The highest BCUT2D eigenvalue weighted by Crippen LogP contribution is 2.14. The summed E-state index contributed by atoms with van der Waals surface area (Å²) in [7, 11) is 0. The zero-order valence-corrected chi connectivity index (χ0v) is 12.8. The summed E-state index contributed by atoms with van der Waals surface area (Å²) in [6.07, 6.45) is 1.05. The Bertz CT molecular complexity index is 239. The zero-order chi connectivity index (χ0) is 14.2. The Labute approximate surface area is 112 Å². The maximum atomic E-state index is 11.8. The molecule has 0 aromatic rings. The summed E-state index contributed by atoms with van der Waals surface area (Å²) >= 11 is 0. The molecule has 108 valence electrons. The lowest BCUT2D eigenvalue weighted by molar-refractivity contribution is -0.122. The number of hydrogen-bond acceptors (Lipinski definition) is 3. The van der Waals surface area contributed by atoms with Gasteiger partial charge in [0.15, 0.2) is 0 Å². The molecule has 18 heavy (non-hydrogen) atoms. The minimum absolute atomic E-state index is 0.0630. The van der Waals surface area contributed by atoms with Crippen LogP contribution in [0.4, 0.5) is 0 Å². The van der Waals surface area contributed by atoms with Crippen molar-refractivity contribution < 1.29 is 4.79 Å². The fourth-order valence-corrected chi connectivity index (χ4v) is 1.78. The summed E-state index contributed by atoms with van der Waals surface area (Å²) < 4.78 is 0. The molecule has 0 aliphatic carbocycles. The number of carbonyl (C=O) groups is 1. The predicted octanol–water partition coefficient (Wildman–Crippen LogP) is 1.46. The van der Waals surface area contributed by atoms with Crippen LogP contribution in [0.15, 0.2) is 0 Å². The fourth-order valence-electron chi connectivity index (χ4n) is 1.78. The van der Waals surface area contributed by atoms with E-state index < -0.39 is 0 Å². The fraction of sp³-hybridized carbons (Fsp3) is 0.929. The van der Waals surface area contributed by atoms with Crippen molar-refractivity contribution in [3.63, 3.8) is 0 Å². The number of nitrogens with two attached hydrogens (primary N) is 1. The Morgan fingerprint density at radius 3 is 2.44 bits per heavy atom. The Morgan fingerprint density at radius 2 is 2.00 bits per heavy atom. The summed E-state index contributed by atoms with van der Waals surface area (Å²) in [5.74, 6) is 0.610. The van der Waals surface area contributed by atoms with Crippen LogP contribution in [0.3, 0.4) is 0 Å². The average molecular weight is 257 g/mol. The van der Waals surface area contributed by atoms with Gasteiger partial charge in [0.05, 0.1) is 6.54 Å². The number of rotatable bonds is 9.